The van der Waals surface area contributed by atoms with Gasteiger partial charge >= 0.3 is 5.97 Å². The first kappa shape index (κ1) is 15.8. The molecule has 2 aromatic rings. The van der Waals surface area contributed by atoms with E-state index in [9.17, 15) is 9.59 Å². The number of halogens is 1. The van der Waals surface area contributed by atoms with E-state index in [0.717, 1.165) is 10.1 Å². The fraction of sp³-hybridized carbons (Fsp3) is 0.333. The van der Waals surface area contributed by atoms with Gasteiger partial charge in [0.15, 0.2) is 5.78 Å². The number of hydrogen-bond acceptors (Lipinski definition) is 5. The van der Waals surface area contributed by atoms with Crippen LogP contribution >= 0.6 is 22.9 Å². The lowest BCUT2D eigenvalue weighted by Gasteiger charge is -2.01. The quantitative estimate of drug-likeness (QED) is 0.592. The van der Waals surface area contributed by atoms with Gasteiger partial charge in [0.2, 0.25) is 0 Å². The van der Waals surface area contributed by atoms with E-state index in [1.165, 1.54) is 11.3 Å². The zero-order valence-corrected chi connectivity index (χ0v) is 13.3. The first-order valence-electron chi connectivity index (χ1n) is 6.51. The van der Waals surface area contributed by atoms with Crippen molar-refractivity contribution in [1.29, 1.82) is 0 Å². The topological polar surface area (TPSA) is 52.6 Å². The van der Waals surface area contributed by atoms with Crippen LogP contribution in [0.3, 0.4) is 0 Å². The number of thiophene rings is 1. The van der Waals surface area contributed by atoms with Gasteiger partial charge in [-0.3, -0.25) is 9.59 Å². The molecule has 0 atom stereocenters. The van der Waals surface area contributed by atoms with Gasteiger partial charge in [0.05, 0.1) is 30.0 Å². The van der Waals surface area contributed by atoms with Gasteiger partial charge in [0.1, 0.15) is 5.75 Å². The summed E-state index contributed by atoms with van der Waals surface area (Å²) in [5.41, 5.74) is 0. The van der Waals surface area contributed by atoms with Crippen molar-refractivity contribution in [2.24, 2.45) is 0 Å². The highest BCUT2D eigenvalue weighted by Gasteiger charge is 2.14. The molecule has 0 N–H and O–H groups in total. The van der Waals surface area contributed by atoms with E-state index in [2.05, 4.69) is 0 Å². The standard InChI is InChI=1S/C15H15ClO4S/c1-3-20-15(18)5-4-11(17)14-7-9-6-10(16)12(19-2)8-13(9)21-14/h6-8H,3-5H2,1-2H3. The second-order valence-electron chi connectivity index (χ2n) is 4.36. The molecule has 1 aromatic heterocycles. The number of Topliss-reactive ketones (excluding diaryl/α,β-unsaturated/α-hetero) is 1. The maximum Gasteiger partial charge on any atom is 0.306 e. The van der Waals surface area contributed by atoms with E-state index < -0.39 is 0 Å². The Kier molecular flexibility index (Phi) is 5.20. The van der Waals surface area contributed by atoms with E-state index >= 15 is 0 Å². The van der Waals surface area contributed by atoms with Crippen molar-refractivity contribution in [3.63, 3.8) is 0 Å². The van der Waals surface area contributed by atoms with Crippen molar-refractivity contribution in [2.75, 3.05) is 13.7 Å². The molecule has 0 aliphatic carbocycles. The van der Waals surface area contributed by atoms with E-state index in [0.29, 0.717) is 22.3 Å². The highest BCUT2D eigenvalue weighted by atomic mass is 35.5. The van der Waals surface area contributed by atoms with Gasteiger partial charge in [-0.05, 0) is 30.5 Å². The van der Waals surface area contributed by atoms with Crippen molar-refractivity contribution in [3.8, 4) is 5.75 Å². The predicted octanol–water partition coefficient (Wildman–Crippen LogP) is 4.09. The van der Waals surface area contributed by atoms with Crippen LogP contribution in [0.25, 0.3) is 10.1 Å². The van der Waals surface area contributed by atoms with E-state index in [1.807, 2.05) is 6.07 Å². The van der Waals surface area contributed by atoms with Crippen LogP contribution in [0.1, 0.15) is 29.4 Å². The minimum Gasteiger partial charge on any atom is -0.495 e. The number of ketones is 1. The average molecular weight is 327 g/mol. The van der Waals surface area contributed by atoms with Gasteiger partial charge < -0.3 is 9.47 Å². The Bertz CT molecular complexity index is 678. The van der Waals surface area contributed by atoms with Crippen LogP contribution in [0.2, 0.25) is 5.02 Å². The average Bonchev–Trinajstić information content (AvgIpc) is 2.86. The van der Waals surface area contributed by atoms with Crippen LogP contribution in [0.5, 0.6) is 5.75 Å². The van der Waals surface area contributed by atoms with Gasteiger partial charge in [-0.25, -0.2) is 0 Å². The summed E-state index contributed by atoms with van der Waals surface area (Å²) in [5.74, 6) is 0.160. The van der Waals surface area contributed by atoms with Crippen molar-refractivity contribution in [3.05, 3.63) is 28.1 Å². The van der Waals surface area contributed by atoms with E-state index in [1.54, 1.807) is 26.2 Å². The van der Waals surface area contributed by atoms with Gasteiger partial charge in [-0.15, -0.1) is 11.3 Å². The molecule has 0 spiro atoms. The summed E-state index contributed by atoms with van der Waals surface area (Å²) in [6.07, 6.45) is 0.252. The predicted molar refractivity (Wildman–Crippen MR) is 83.6 cm³/mol. The Morgan fingerprint density at radius 2 is 2.00 bits per heavy atom. The normalized spacial score (nSPS) is 10.6. The maximum atomic E-state index is 12.1. The Labute approximate surface area is 131 Å². The molecule has 0 aliphatic heterocycles. The number of ether oxygens (including phenoxy) is 2. The summed E-state index contributed by atoms with van der Waals surface area (Å²) in [7, 11) is 1.55. The highest BCUT2D eigenvalue weighted by Crippen LogP contribution is 2.35. The Hall–Kier alpha value is -1.59. The van der Waals surface area contributed by atoms with Gasteiger partial charge in [-0.1, -0.05) is 11.6 Å². The van der Waals surface area contributed by atoms with Crippen LogP contribution < -0.4 is 4.74 Å². The van der Waals surface area contributed by atoms with Crippen molar-refractivity contribution in [1.82, 2.24) is 0 Å². The first-order valence-corrected chi connectivity index (χ1v) is 7.70. The number of fused-ring (bicyclic) bond motifs is 1. The fourth-order valence-electron chi connectivity index (χ4n) is 1.91. The molecule has 1 aromatic carbocycles. The summed E-state index contributed by atoms with van der Waals surface area (Å²) in [4.78, 5) is 24.0. The largest absolute Gasteiger partial charge is 0.495 e. The molecule has 21 heavy (non-hydrogen) atoms. The van der Waals surface area contributed by atoms with Gasteiger partial charge in [0, 0.05) is 11.1 Å². The van der Waals surface area contributed by atoms with Crippen LogP contribution in [-0.4, -0.2) is 25.5 Å². The number of carbonyl (C=O) groups is 2. The van der Waals surface area contributed by atoms with Crippen LogP contribution in [0.15, 0.2) is 18.2 Å². The molecular weight excluding hydrogens is 312 g/mol. The molecule has 0 saturated heterocycles. The molecule has 0 aliphatic rings. The Morgan fingerprint density at radius 1 is 1.24 bits per heavy atom. The molecule has 0 radical (unpaired) electrons. The van der Waals surface area contributed by atoms with E-state index in [4.69, 9.17) is 21.1 Å². The van der Waals surface area contributed by atoms with Gasteiger partial charge in [-0.2, -0.15) is 0 Å². The molecule has 1 heterocycles. The summed E-state index contributed by atoms with van der Waals surface area (Å²) in [5, 5.41) is 1.40. The minimum atomic E-state index is -0.350. The first-order chi connectivity index (χ1) is 10.0. The van der Waals surface area contributed by atoms with Crippen molar-refractivity contribution in [2.45, 2.75) is 19.8 Å². The lowest BCUT2D eigenvalue weighted by atomic mass is 10.1. The van der Waals surface area contributed by atoms with Crippen LogP contribution in [0.4, 0.5) is 0 Å². The monoisotopic (exact) mass is 326 g/mol. The number of hydrogen-bond donors (Lipinski definition) is 0. The minimum absolute atomic E-state index is 0.0701. The molecule has 0 unspecified atom stereocenters. The zero-order valence-electron chi connectivity index (χ0n) is 11.8. The third-order valence-corrected chi connectivity index (χ3v) is 4.36. The molecule has 0 fully saturated rings. The second-order valence-corrected chi connectivity index (χ2v) is 5.85. The molecule has 0 amide bonds. The number of rotatable bonds is 6. The summed E-state index contributed by atoms with van der Waals surface area (Å²) >= 11 is 7.43. The lowest BCUT2D eigenvalue weighted by Crippen LogP contribution is -2.07. The molecular formula is C15H15ClO4S. The smallest absolute Gasteiger partial charge is 0.306 e. The maximum absolute atomic E-state index is 12.1. The van der Waals surface area contributed by atoms with Crippen LogP contribution in [-0.2, 0) is 9.53 Å². The molecule has 6 heteroatoms. The highest BCUT2D eigenvalue weighted by molar-refractivity contribution is 7.20. The lowest BCUT2D eigenvalue weighted by molar-refractivity contribution is -0.143. The molecule has 0 saturated carbocycles. The van der Waals surface area contributed by atoms with E-state index in [-0.39, 0.29) is 24.6 Å². The number of carbonyl (C=O) groups excluding carboxylic acids is 2. The second kappa shape index (κ2) is 6.91. The van der Waals surface area contributed by atoms with Crippen LogP contribution in [0, 0.1) is 0 Å². The summed E-state index contributed by atoms with van der Waals surface area (Å²) < 4.78 is 10.9. The third kappa shape index (κ3) is 3.74. The molecule has 0 bridgehead atoms. The summed E-state index contributed by atoms with van der Waals surface area (Å²) in [6.45, 7) is 2.07. The number of methoxy groups -OCH3 is 1. The zero-order chi connectivity index (χ0) is 15.4. The Balaban J connectivity index is 2.15. The van der Waals surface area contributed by atoms with Gasteiger partial charge in [0.25, 0.3) is 0 Å². The Morgan fingerprint density at radius 3 is 2.67 bits per heavy atom. The van der Waals surface area contributed by atoms with Crippen molar-refractivity contribution < 1.29 is 19.1 Å². The fourth-order valence-corrected chi connectivity index (χ4v) is 3.20. The molecule has 2 rings (SSSR count). The molecule has 4 nitrogen and oxygen atoms in total. The number of esters is 1. The van der Waals surface area contributed by atoms with Crippen molar-refractivity contribution >= 4 is 44.8 Å². The summed E-state index contributed by atoms with van der Waals surface area (Å²) in [6, 6.07) is 5.37. The molecule has 112 valence electrons. The third-order valence-electron chi connectivity index (χ3n) is 2.93. The SMILES string of the molecule is CCOC(=O)CCC(=O)c1cc2cc(Cl)c(OC)cc2s1. The number of benzene rings is 1.